The van der Waals surface area contributed by atoms with Crippen molar-refractivity contribution in [1.29, 1.82) is 0 Å². The first kappa shape index (κ1) is 18.9. The van der Waals surface area contributed by atoms with Gasteiger partial charge >= 0.3 is 0 Å². The average molecular weight is 408 g/mol. The van der Waals surface area contributed by atoms with Gasteiger partial charge in [0.05, 0.1) is 0 Å². The zero-order valence-corrected chi connectivity index (χ0v) is 17.1. The summed E-state index contributed by atoms with van der Waals surface area (Å²) in [5, 5.41) is 2.05. The summed E-state index contributed by atoms with van der Waals surface area (Å²) in [5.41, 5.74) is 8.41. The zero-order valence-electron chi connectivity index (χ0n) is 15.5. The van der Waals surface area contributed by atoms with Gasteiger partial charge in [-0.2, -0.15) is 0 Å². The number of ether oxygens (including phenoxy) is 1. The number of aromatic nitrogens is 1. The number of benzene rings is 2. The predicted molar refractivity (Wildman–Crippen MR) is 119 cm³/mol. The molecule has 1 aliphatic rings. The molecule has 0 bridgehead atoms. The number of nitrogens with zero attached hydrogens (tertiary/aromatic N) is 2. The van der Waals surface area contributed by atoms with Gasteiger partial charge < -0.3 is 15.4 Å². The Balaban J connectivity index is 1.63. The molecule has 0 amide bonds. The summed E-state index contributed by atoms with van der Waals surface area (Å²) >= 11 is 3.31. The summed E-state index contributed by atoms with van der Waals surface area (Å²) in [6.07, 6.45) is 1.89. The minimum atomic E-state index is -0.201. The van der Waals surface area contributed by atoms with Crippen LogP contribution in [0, 0.1) is 0 Å². The van der Waals surface area contributed by atoms with Gasteiger partial charge in [0.25, 0.3) is 0 Å². The zero-order chi connectivity index (χ0) is 19.3. The van der Waals surface area contributed by atoms with Crippen LogP contribution in [0.15, 0.2) is 88.9 Å². The SMILES string of the molecule is CC1=CSC(N)N1c1ncc(SCc2ccccc2)cc1Oc1ccccc1. The third kappa shape index (κ3) is 4.35. The monoisotopic (exact) mass is 407 g/mol. The number of rotatable bonds is 6. The van der Waals surface area contributed by atoms with Crippen molar-refractivity contribution in [3.63, 3.8) is 0 Å². The smallest absolute Gasteiger partial charge is 0.178 e. The van der Waals surface area contributed by atoms with Gasteiger partial charge in [0, 0.05) is 22.5 Å². The maximum absolute atomic E-state index is 6.27. The highest BCUT2D eigenvalue weighted by molar-refractivity contribution is 8.03. The molecule has 0 fully saturated rings. The molecule has 0 saturated heterocycles. The lowest BCUT2D eigenvalue weighted by molar-refractivity contribution is 0.478. The molecular formula is C22H21N3OS2. The second kappa shape index (κ2) is 8.73. The Morgan fingerprint density at radius 2 is 1.82 bits per heavy atom. The second-order valence-corrected chi connectivity index (χ2v) is 8.38. The molecule has 1 unspecified atom stereocenters. The Kier molecular flexibility index (Phi) is 5.90. The highest BCUT2D eigenvalue weighted by atomic mass is 32.2. The van der Waals surface area contributed by atoms with E-state index < -0.39 is 0 Å². The number of anilines is 1. The van der Waals surface area contributed by atoms with Gasteiger partial charge in [-0.25, -0.2) is 4.98 Å². The number of hydrogen-bond donors (Lipinski definition) is 1. The van der Waals surface area contributed by atoms with Crippen molar-refractivity contribution >= 4 is 29.3 Å². The van der Waals surface area contributed by atoms with Gasteiger partial charge in [-0.05, 0) is 36.1 Å². The molecule has 6 heteroatoms. The largest absolute Gasteiger partial charge is 0.453 e. The number of pyridine rings is 1. The first-order valence-corrected chi connectivity index (χ1v) is 10.9. The third-order valence-electron chi connectivity index (χ3n) is 4.27. The Hall–Kier alpha value is -2.41. The van der Waals surface area contributed by atoms with Crippen LogP contribution in [0.25, 0.3) is 0 Å². The van der Waals surface area contributed by atoms with E-state index >= 15 is 0 Å². The second-order valence-electron chi connectivity index (χ2n) is 6.34. The van der Waals surface area contributed by atoms with Crippen LogP contribution in [-0.2, 0) is 5.75 Å². The molecule has 0 radical (unpaired) electrons. The molecule has 1 aromatic heterocycles. The van der Waals surface area contributed by atoms with E-state index in [1.807, 2.05) is 60.5 Å². The Morgan fingerprint density at radius 1 is 1.11 bits per heavy atom. The van der Waals surface area contributed by atoms with E-state index in [2.05, 4.69) is 29.7 Å². The van der Waals surface area contributed by atoms with Crippen molar-refractivity contribution in [2.45, 2.75) is 23.1 Å². The van der Waals surface area contributed by atoms with E-state index in [9.17, 15) is 0 Å². The third-order valence-corrected chi connectivity index (χ3v) is 6.27. The number of nitrogens with two attached hydrogens (primary N) is 1. The topological polar surface area (TPSA) is 51.4 Å². The van der Waals surface area contributed by atoms with E-state index in [0.717, 1.165) is 27.9 Å². The highest BCUT2D eigenvalue weighted by Gasteiger charge is 2.27. The highest BCUT2D eigenvalue weighted by Crippen LogP contribution is 2.40. The normalized spacial score (nSPS) is 16.1. The minimum absolute atomic E-state index is 0.201. The van der Waals surface area contributed by atoms with E-state index in [-0.39, 0.29) is 5.50 Å². The van der Waals surface area contributed by atoms with Crippen molar-refractivity contribution < 1.29 is 4.74 Å². The molecule has 2 aromatic carbocycles. The summed E-state index contributed by atoms with van der Waals surface area (Å²) in [7, 11) is 0. The van der Waals surface area contributed by atoms with E-state index in [1.54, 1.807) is 23.5 Å². The quantitative estimate of drug-likeness (QED) is 0.519. The van der Waals surface area contributed by atoms with Crippen molar-refractivity contribution in [1.82, 2.24) is 4.98 Å². The number of para-hydroxylation sites is 1. The number of allylic oxidation sites excluding steroid dienone is 1. The van der Waals surface area contributed by atoms with Crippen molar-refractivity contribution in [2.75, 3.05) is 4.90 Å². The summed E-state index contributed by atoms with van der Waals surface area (Å²) in [6.45, 7) is 2.03. The lowest BCUT2D eigenvalue weighted by Gasteiger charge is -2.26. The first-order valence-electron chi connectivity index (χ1n) is 8.97. The van der Waals surface area contributed by atoms with Crippen molar-refractivity contribution in [2.24, 2.45) is 5.73 Å². The molecule has 1 aliphatic heterocycles. The van der Waals surface area contributed by atoms with Crippen LogP contribution in [0.4, 0.5) is 5.82 Å². The summed E-state index contributed by atoms with van der Waals surface area (Å²) < 4.78 is 6.20. The maximum atomic E-state index is 6.27. The van der Waals surface area contributed by atoms with E-state index in [1.165, 1.54) is 5.56 Å². The van der Waals surface area contributed by atoms with Crippen molar-refractivity contribution in [3.05, 3.63) is 89.6 Å². The van der Waals surface area contributed by atoms with Crippen LogP contribution < -0.4 is 15.4 Å². The number of hydrogen-bond acceptors (Lipinski definition) is 6. The molecule has 4 rings (SSSR count). The molecule has 2 heterocycles. The van der Waals surface area contributed by atoms with Gasteiger partial charge in [-0.3, -0.25) is 0 Å². The van der Waals surface area contributed by atoms with E-state index in [4.69, 9.17) is 15.5 Å². The molecule has 1 atom stereocenters. The first-order chi connectivity index (χ1) is 13.7. The Morgan fingerprint density at radius 3 is 2.50 bits per heavy atom. The van der Waals surface area contributed by atoms with Crippen LogP contribution in [0.5, 0.6) is 11.5 Å². The van der Waals surface area contributed by atoms with Crippen LogP contribution in [0.2, 0.25) is 0 Å². The molecule has 3 aromatic rings. The average Bonchev–Trinajstić information content (AvgIpc) is 3.06. The molecular weight excluding hydrogens is 386 g/mol. The molecule has 0 spiro atoms. The fraction of sp³-hybridized carbons (Fsp3) is 0.136. The van der Waals surface area contributed by atoms with Crippen LogP contribution >= 0.6 is 23.5 Å². The molecule has 28 heavy (non-hydrogen) atoms. The lowest BCUT2D eigenvalue weighted by Crippen LogP contribution is -2.35. The molecule has 2 N–H and O–H groups in total. The maximum Gasteiger partial charge on any atom is 0.178 e. The Bertz CT molecular complexity index is 964. The van der Waals surface area contributed by atoms with Gasteiger partial charge in [0.15, 0.2) is 11.6 Å². The van der Waals surface area contributed by atoms with Gasteiger partial charge in [0.2, 0.25) is 0 Å². The molecule has 0 aliphatic carbocycles. The summed E-state index contributed by atoms with van der Waals surface area (Å²) in [6, 6.07) is 22.2. The standard InChI is InChI=1S/C22H21N3OS2/c1-16-14-28-22(23)25(16)21-20(26-18-10-6-3-7-11-18)12-19(13-24-21)27-15-17-8-4-2-5-9-17/h2-14,22H,15,23H2,1H3. The Labute approximate surface area is 173 Å². The van der Waals surface area contributed by atoms with Crippen LogP contribution in [0.3, 0.4) is 0 Å². The van der Waals surface area contributed by atoms with Gasteiger partial charge in [-0.1, -0.05) is 60.3 Å². The molecule has 0 saturated carbocycles. The molecule has 4 nitrogen and oxygen atoms in total. The van der Waals surface area contributed by atoms with Gasteiger partial charge in [0.1, 0.15) is 11.2 Å². The summed E-state index contributed by atoms with van der Waals surface area (Å²) in [5.74, 6) is 3.09. The van der Waals surface area contributed by atoms with Crippen LogP contribution in [0.1, 0.15) is 12.5 Å². The fourth-order valence-electron chi connectivity index (χ4n) is 2.88. The van der Waals surface area contributed by atoms with E-state index in [0.29, 0.717) is 5.75 Å². The lowest BCUT2D eigenvalue weighted by atomic mass is 10.2. The summed E-state index contributed by atoms with van der Waals surface area (Å²) in [4.78, 5) is 7.78. The predicted octanol–water partition coefficient (Wildman–Crippen LogP) is 5.82. The molecule has 142 valence electrons. The van der Waals surface area contributed by atoms with Gasteiger partial charge in [-0.15, -0.1) is 11.8 Å². The minimum Gasteiger partial charge on any atom is -0.453 e. The van der Waals surface area contributed by atoms with Crippen molar-refractivity contribution in [3.8, 4) is 11.5 Å². The fourth-order valence-corrected chi connectivity index (χ4v) is 4.57. The van der Waals surface area contributed by atoms with Crippen LogP contribution in [-0.4, -0.2) is 10.5 Å². The number of thioether (sulfide) groups is 2.